The normalized spacial score (nSPS) is 9.58. The molecular weight excluding hydrogens is 399 g/mol. The molecule has 0 amide bonds. The average molecular weight is 410 g/mol. The molecule has 0 radical (unpaired) electrons. The minimum absolute atomic E-state index is 0. The van der Waals surface area contributed by atoms with Crippen LogP contribution in [-0.4, -0.2) is 14.8 Å². The summed E-state index contributed by atoms with van der Waals surface area (Å²) in [6.45, 7) is 4.27. The Kier molecular flexibility index (Phi) is 6.40. The molecule has 0 fully saturated rings. The van der Waals surface area contributed by atoms with Gasteiger partial charge in [-0.3, -0.25) is 13.8 Å². The third-order valence-corrected chi connectivity index (χ3v) is 1.61. The van der Waals surface area contributed by atoms with E-state index in [1.54, 1.807) is 6.35 Å². The molecule has 1 aromatic rings. The van der Waals surface area contributed by atoms with Crippen molar-refractivity contribution in [1.29, 1.82) is 0 Å². The van der Waals surface area contributed by atoms with Crippen LogP contribution in [0, 0.1) is 51.3 Å². The van der Waals surface area contributed by atoms with E-state index in [0.717, 1.165) is 11.6 Å². The quantitative estimate of drug-likeness (QED) is 0.549. The number of hydrogen-bond donors (Lipinski definition) is 0. The van der Waals surface area contributed by atoms with E-state index < -0.39 is 0 Å². The first-order valence-electron chi connectivity index (χ1n) is 3.27. The zero-order valence-electron chi connectivity index (χ0n) is 7.11. The van der Waals surface area contributed by atoms with Crippen LogP contribution in [0.1, 0.15) is 11.6 Å². The van der Waals surface area contributed by atoms with Crippen molar-refractivity contribution in [2.24, 2.45) is 0 Å². The first-order valence-corrected chi connectivity index (χ1v) is 3.94. The molecule has 0 aliphatic heterocycles. The van der Waals surface area contributed by atoms with Crippen molar-refractivity contribution in [3.8, 4) is 0 Å². The van der Waals surface area contributed by atoms with Gasteiger partial charge in [-0.2, -0.15) is 6.35 Å². The zero-order chi connectivity index (χ0) is 8.27. The summed E-state index contributed by atoms with van der Waals surface area (Å²) in [5.74, 6) is 1.74. The number of aromatic nitrogens is 3. The van der Waals surface area contributed by atoms with Crippen LogP contribution in [0.4, 0.5) is 0 Å². The number of nitrogens with zero attached hydrogens (tertiary/aromatic N) is 3. The Hall–Kier alpha value is 0.582. The van der Waals surface area contributed by atoms with E-state index in [9.17, 15) is 0 Å². The Labute approximate surface area is 98.0 Å². The van der Waals surface area contributed by atoms with Crippen LogP contribution in [0.3, 0.4) is 0 Å². The fourth-order valence-electron chi connectivity index (χ4n) is 0.791. The molecule has 0 aliphatic rings. The van der Waals surface area contributed by atoms with E-state index in [-0.39, 0.29) is 31.1 Å². The van der Waals surface area contributed by atoms with Gasteiger partial charge < -0.3 is 4.74 Å². The van der Waals surface area contributed by atoms with E-state index in [4.69, 9.17) is 4.74 Å². The average Bonchev–Trinajstić information content (AvgIpc) is 2.29. The van der Waals surface area contributed by atoms with Crippen molar-refractivity contribution in [3.63, 3.8) is 0 Å². The maximum absolute atomic E-state index is 5.06. The molecule has 1 aromatic heterocycles. The van der Waals surface area contributed by atoms with Gasteiger partial charge >= 0.3 is 0 Å². The summed E-state index contributed by atoms with van der Waals surface area (Å²) in [5, 5.41) is 7.76. The van der Waals surface area contributed by atoms with E-state index in [1.807, 2.05) is 18.4 Å². The van der Waals surface area contributed by atoms with Crippen LogP contribution in [0.25, 0.3) is 0 Å². The third-order valence-electron chi connectivity index (χ3n) is 1.42. The minimum atomic E-state index is 0. The summed E-state index contributed by atoms with van der Waals surface area (Å²) >= 11 is 0. The molecule has 0 N–H and O–H groups in total. The topological polar surface area (TPSA) is 39.9 Å². The fraction of sp³-hybridized carbons (Fsp3) is 0.500. The Morgan fingerprint density at radius 2 is 1.92 bits per heavy atom. The second-order valence-electron chi connectivity index (χ2n) is 2.15. The Morgan fingerprint density at radius 1 is 1.42 bits per heavy atom. The van der Waals surface area contributed by atoms with Crippen molar-refractivity contribution < 1.29 is 35.9 Å². The predicted octanol–water partition coefficient (Wildman–Crippen LogP) is 0.863. The number of rotatable bonds is 3. The molecule has 1 atom stereocenters. The molecule has 0 aliphatic carbocycles. The van der Waals surface area contributed by atoms with Gasteiger partial charge in [-0.25, -0.2) is 0 Å². The van der Waals surface area contributed by atoms with Crippen molar-refractivity contribution in [3.05, 3.63) is 18.0 Å². The summed E-state index contributed by atoms with van der Waals surface area (Å²) in [5.41, 5.74) is 0. The van der Waals surface area contributed by atoms with E-state index in [1.165, 1.54) is 0 Å². The van der Waals surface area contributed by atoms with Crippen molar-refractivity contribution in [1.82, 2.24) is 14.8 Å². The molecule has 0 saturated heterocycles. The van der Waals surface area contributed by atoms with Crippen LogP contribution in [-0.2, 0) is 11.5 Å². The van der Waals surface area contributed by atoms with Gasteiger partial charge in [0.1, 0.15) is 11.6 Å². The van der Waals surface area contributed by atoms with Gasteiger partial charge in [0.05, 0.1) is 6.73 Å². The molecule has 0 aromatic carbocycles. The summed E-state index contributed by atoms with van der Waals surface area (Å²) in [6.07, 6.45) is 1.57. The zero-order valence-corrected chi connectivity index (χ0v) is 12.4. The second kappa shape index (κ2) is 6.10. The SMILES string of the molecule is Cc1nnc(C)n1CO[CH-]P.[U]. The monoisotopic (exact) mass is 410 g/mol. The number of ether oxygens (including phenoxy) is 1. The van der Waals surface area contributed by atoms with Crippen LogP contribution in [0.2, 0.25) is 0 Å². The van der Waals surface area contributed by atoms with Gasteiger partial charge in [-0.15, -0.1) is 10.2 Å². The molecule has 0 spiro atoms. The Morgan fingerprint density at radius 3 is 2.33 bits per heavy atom. The smallest absolute Gasteiger partial charge is 0.131 e. The van der Waals surface area contributed by atoms with E-state index in [2.05, 4.69) is 19.4 Å². The van der Waals surface area contributed by atoms with Gasteiger partial charge in [0.25, 0.3) is 0 Å². The van der Waals surface area contributed by atoms with Gasteiger partial charge in [0.2, 0.25) is 0 Å². The first-order chi connectivity index (χ1) is 5.25. The number of aryl methyl sites for hydroxylation is 2. The van der Waals surface area contributed by atoms with Gasteiger partial charge in [-0.05, 0) is 13.8 Å². The molecule has 66 valence electrons. The summed E-state index contributed by atoms with van der Waals surface area (Å²) < 4.78 is 6.95. The number of hydrogen-bond acceptors (Lipinski definition) is 3. The maximum Gasteiger partial charge on any atom is 0.131 e. The second-order valence-corrected chi connectivity index (χ2v) is 2.43. The van der Waals surface area contributed by atoms with Gasteiger partial charge in [0.15, 0.2) is 0 Å². The molecule has 6 heteroatoms. The molecule has 4 nitrogen and oxygen atoms in total. The standard InChI is InChI=1S/C6H11N3OP.U/c1-5-7-8-6(2)9(5)3-10-4-11;/h4H,3,11H2,1-2H3;/q-1;. The first kappa shape index (κ1) is 12.6. The van der Waals surface area contributed by atoms with Crippen molar-refractivity contribution in [2.45, 2.75) is 20.6 Å². The molecule has 0 bridgehead atoms. The molecule has 12 heavy (non-hydrogen) atoms. The van der Waals surface area contributed by atoms with E-state index >= 15 is 0 Å². The Bertz CT molecular complexity index is 221. The van der Waals surface area contributed by atoms with Crippen molar-refractivity contribution in [2.75, 3.05) is 0 Å². The van der Waals surface area contributed by atoms with Gasteiger partial charge in [-0.1, -0.05) is 0 Å². The largest absolute Gasteiger partial charge is 0.532 e. The van der Waals surface area contributed by atoms with Gasteiger partial charge in [0, 0.05) is 31.1 Å². The molecule has 0 saturated carbocycles. The predicted molar refractivity (Wildman–Crippen MR) is 44.6 cm³/mol. The molecule has 1 heterocycles. The van der Waals surface area contributed by atoms with Crippen LogP contribution in [0.5, 0.6) is 0 Å². The molecule has 1 unspecified atom stereocenters. The Balaban J connectivity index is 0.00000121. The summed E-state index contributed by atoms with van der Waals surface area (Å²) in [6, 6.07) is 0. The van der Waals surface area contributed by atoms with Crippen LogP contribution in [0.15, 0.2) is 0 Å². The van der Waals surface area contributed by atoms with Crippen molar-refractivity contribution >= 4 is 9.24 Å². The maximum atomic E-state index is 5.06. The minimum Gasteiger partial charge on any atom is -0.532 e. The summed E-state index contributed by atoms with van der Waals surface area (Å²) in [4.78, 5) is 0. The van der Waals surface area contributed by atoms with E-state index in [0.29, 0.717) is 6.73 Å². The summed E-state index contributed by atoms with van der Waals surface area (Å²) in [7, 11) is 2.38. The van der Waals surface area contributed by atoms with Crippen LogP contribution < -0.4 is 0 Å². The third kappa shape index (κ3) is 3.14. The molecular formula is C6H11N3OPU-. The molecule has 1 rings (SSSR count). The fourth-order valence-corrected chi connectivity index (χ4v) is 0.877. The van der Waals surface area contributed by atoms with Crippen LogP contribution >= 0.6 is 9.24 Å².